The van der Waals surface area contributed by atoms with Gasteiger partial charge in [-0.1, -0.05) is 12.1 Å². The van der Waals surface area contributed by atoms with Crippen LogP contribution in [0, 0.1) is 6.92 Å². The van der Waals surface area contributed by atoms with Gasteiger partial charge in [-0.2, -0.15) is 28.6 Å². The molecule has 21 heavy (non-hydrogen) atoms. The lowest BCUT2D eigenvalue weighted by Gasteiger charge is -2.06. The first-order valence-electron chi connectivity index (χ1n) is 5.96. The summed E-state index contributed by atoms with van der Waals surface area (Å²) in [5.74, 6) is 0. The third-order valence-electron chi connectivity index (χ3n) is 2.91. The van der Waals surface area contributed by atoms with Gasteiger partial charge in [-0.05, 0) is 19.1 Å². The van der Waals surface area contributed by atoms with Gasteiger partial charge in [-0.15, -0.1) is 11.3 Å². The van der Waals surface area contributed by atoms with Crippen LogP contribution in [0.1, 0.15) is 10.4 Å². The predicted molar refractivity (Wildman–Crippen MR) is 72.7 cm³/mol. The Balaban J connectivity index is 1.96. The molecule has 1 aromatic carbocycles. The van der Waals surface area contributed by atoms with Crippen LogP contribution < -0.4 is 0 Å². The van der Waals surface area contributed by atoms with Crippen LogP contribution in [-0.4, -0.2) is 20.4 Å². The highest BCUT2D eigenvalue weighted by Crippen LogP contribution is 2.34. The number of benzene rings is 1. The largest absolute Gasteiger partial charge is 0.416 e. The summed E-state index contributed by atoms with van der Waals surface area (Å²) < 4.78 is 37.6. The highest BCUT2D eigenvalue weighted by Gasteiger charge is 2.30. The second-order valence-corrected chi connectivity index (χ2v) is 5.56. The molecule has 1 N–H and O–H groups in total. The molecule has 2 aromatic heterocycles. The predicted octanol–water partition coefficient (Wildman–Crippen LogP) is 3.92. The number of nitrogens with one attached hydrogen (secondary N) is 1. The Morgan fingerprint density at radius 3 is 2.43 bits per heavy atom. The Morgan fingerprint density at radius 2 is 1.86 bits per heavy atom. The maximum Gasteiger partial charge on any atom is 0.416 e. The van der Waals surface area contributed by atoms with E-state index in [1.165, 1.54) is 23.5 Å². The molecule has 8 heteroatoms. The van der Waals surface area contributed by atoms with Gasteiger partial charge in [-0.25, -0.2) is 4.98 Å². The van der Waals surface area contributed by atoms with Gasteiger partial charge < -0.3 is 0 Å². The number of H-pyrrole nitrogens is 1. The number of aryl methyl sites for hydroxylation is 1. The van der Waals surface area contributed by atoms with Crippen LogP contribution in [0.15, 0.2) is 30.5 Å². The lowest BCUT2D eigenvalue weighted by Crippen LogP contribution is -2.03. The molecule has 2 heterocycles. The number of aromatic nitrogens is 4. The van der Waals surface area contributed by atoms with E-state index in [0.29, 0.717) is 22.0 Å². The van der Waals surface area contributed by atoms with Crippen molar-refractivity contribution in [2.45, 2.75) is 13.1 Å². The topological polar surface area (TPSA) is 54.5 Å². The second-order valence-electron chi connectivity index (χ2n) is 4.35. The molecule has 0 fully saturated rings. The molecule has 0 bridgehead atoms. The third-order valence-corrected chi connectivity index (χ3v) is 3.93. The summed E-state index contributed by atoms with van der Waals surface area (Å²) in [4.78, 5) is 5.36. The van der Waals surface area contributed by atoms with Gasteiger partial charge >= 0.3 is 6.18 Å². The summed E-state index contributed by atoms with van der Waals surface area (Å²) in [5, 5.41) is 10.8. The minimum atomic E-state index is -4.33. The molecule has 0 aliphatic heterocycles. The zero-order valence-corrected chi connectivity index (χ0v) is 11.6. The lowest BCUT2D eigenvalue weighted by molar-refractivity contribution is -0.137. The van der Waals surface area contributed by atoms with Gasteiger partial charge in [0.15, 0.2) is 0 Å². The fourth-order valence-corrected chi connectivity index (χ4v) is 2.80. The van der Waals surface area contributed by atoms with Crippen LogP contribution in [0.5, 0.6) is 0 Å². The zero-order valence-electron chi connectivity index (χ0n) is 10.8. The maximum atomic E-state index is 12.5. The second kappa shape index (κ2) is 4.96. The Bertz CT molecular complexity index is 745. The van der Waals surface area contributed by atoms with Crippen molar-refractivity contribution in [3.63, 3.8) is 0 Å². The SMILES string of the molecule is Cc1sc(-c2ccc(C(F)(F)F)cc2)nc1-c1cn[nH]n1. The molecule has 0 amide bonds. The van der Waals surface area contributed by atoms with E-state index in [-0.39, 0.29) is 0 Å². The molecule has 0 aliphatic carbocycles. The van der Waals surface area contributed by atoms with Gasteiger partial charge in [0, 0.05) is 10.4 Å². The van der Waals surface area contributed by atoms with Crippen molar-refractivity contribution in [3.05, 3.63) is 40.9 Å². The monoisotopic (exact) mass is 310 g/mol. The lowest BCUT2D eigenvalue weighted by atomic mass is 10.1. The van der Waals surface area contributed by atoms with Gasteiger partial charge in [0.1, 0.15) is 16.4 Å². The first-order chi connectivity index (χ1) is 9.95. The molecule has 0 spiro atoms. The first-order valence-corrected chi connectivity index (χ1v) is 6.78. The summed E-state index contributed by atoms with van der Waals surface area (Å²) in [6.07, 6.45) is -2.78. The summed E-state index contributed by atoms with van der Waals surface area (Å²) in [6, 6.07) is 4.96. The van der Waals surface area contributed by atoms with Crippen LogP contribution in [0.3, 0.4) is 0 Å². The van der Waals surface area contributed by atoms with E-state index < -0.39 is 11.7 Å². The van der Waals surface area contributed by atoms with Gasteiger partial charge in [0.2, 0.25) is 0 Å². The quantitative estimate of drug-likeness (QED) is 0.780. The van der Waals surface area contributed by atoms with E-state index in [1.807, 2.05) is 6.92 Å². The molecule has 3 aromatic rings. The molecule has 0 unspecified atom stereocenters. The number of thiazole rings is 1. The molecule has 3 rings (SSSR count). The molecule has 0 saturated carbocycles. The van der Waals surface area contributed by atoms with Crippen LogP contribution >= 0.6 is 11.3 Å². The standard InChI is InChI=1S/C13H9F3N4S/c1-7-11(10-6-17-20-19-10)18-12(21-7)8-2-4-9(5-3-8)13(14,15)16/h2-6H,1H3,(H,17,19,20). The average Bonchev–Trinajstić information content (AvgIpc) is 3.07. The Kier molecular flexibility index (Phi) is 3.25. The first kappa shape index (κ1) is 13.7. The smallest absolute Gasteiger partial charge is 0.234 e. The van der Waals surface area contributed by atoms with Gasteiger partial charge in [-0.3, -0.25) is 0 Å². The molecule has 0 atom stereocenters. The minimum absolute atomic E-state index is 0.613. The summed E-state index contributed by atoms with van der Waals surface area (Å²) in [6.45, 7) is 1.88. The number of rotatable bonds is 2. The van der Waals surface area contributed by atoms with E-state index in [2.05, 4.69) is 20.4 Å². The molecular formula is C13H9F3N4S. The average molecular weight is 310 g/mol. The Labute approximate surface area is 121 Å². The third kappa shape index (κ3) is 2.66. The number of halogens is 3. The number of nitrogens with zero attached hydrogens (tertiary/aromatic N) is 3. The molecule has 108 valence electrons. The van der Waals surface area contributed by atoms with E-state index in [9.17, 15) is 13.2 Å². The fraction of sp³-hybridized carbons (Fsp3) is 0.154. The summed E-state index contributed by atoms with van der Waals surface area (Å²) in [5.41, 5.74) is 1.27. The van der Waals surface area contributed by atoms with E-state index in [4.69, 9.17) is 0 Å². The highest BCUT2D eigenvalue weighted by atomic mass is 32.1. The molecule has 0 aliphatic rings. The van der Waals surface area contributed by atoms with Crippen molar-refractivity contribution in [3.8, 4) is 22.0 Å². The Hall–Kier alpha value is -2.22. The molecule has 4 nitrogen and oxygen atoms in total. The fourth-order valence-electron chi connectivity index (χ4n) is 1.88. The van der Waals surface area contributed by atoms with E-state index in [0.717, 1.165) is 17.0 Å². The van der Waals surface area contributed by atoms with Crippen LogP contribution in [0.2, 0.25) is 0 Å². The van der Waals surface area contributed by atoms with Crippen molar-refractivity contribution in [1.82, 2.24) is 20.4 Å². The highest BCUT2D eigenvalue weighted by molar-refractivity contribution is 7.15. The molecule has 0 saturated heterocycles. The van der Waals surface area contributed by atoms with Crippen LogP contribution in [0.25, 0.3) is 22.0 Å². The molecule has 0 radical (unpaired) electrons. The van der Waals surface area contributed by atoms with Crippen molar-refractivity contribution < 1.29 is 13.2 Å². The number of alkyl halides is 3. The maximum absolute atomic E-state index is 12.5. The number of hydrogen-bond acceptors (Lipinski definition) is 4. The van der Waals surface area contributed by atoms with E-state index in [1.54, 1.807) is 6.20 Å². The summed E-state index contributed by atoms with van der Waals surface area (Å²) >= 11 is 1.41. The van der Waals surface area contributed by atoms with Crippen molar-refractivity contribution in [2.75, 3.05) is 0 Å². The molecular weight excluding hydrogens is 301 g/mol. The van der Waals surface area contributed by atoms with Crippen molar-refractivity contribution in [1.29, 1.82) is 0 Å². The normalized spacial score (nSPS) is 11.8. The number of aromatic amines is 1. The van der Waals surface area contributed by atoms with Crippen molar-refractivity contribution >= 4 is 11.3 Å². The van der Waals surface area contributed by atoms with Gasteiger partial charge in [0.25, 0.3) is 0 Å². The van der Waals surface area contributed by atoms with Gasteiger partial charge in [0.05, 0.1) is 11.8 Å². The van der Waals surface area contributed by atoms with Crippen molar-refractivity contribution in [2.24, 2.45) is 0 Å². The Morgan fingerprint density at radius 1 is 1.14 bits per heavy atom. The minimum Gasteiger partial charge on any atom is -0.234 e. The van der Waals surface area contributed by atoms with Crippen LogP contribution in [-0.2, 0) is 6.18 Å². The number of hydrogen-bond donors (Lipinski definition) is 1. The zero-order chi connectivity index (χ0) is 15.0. The van der Waals surface area contributed by atoms with Crippen LogP contribution in [0.4, 0.5) is 13.2 Å². The van der Waals surface area contributed by atoms with E-state index >= 15 is 0 Å². The summed E-state index contributed by atoms with van der Waals surface area (Å²) in [7, 11) is 0.